The number of hydrogen-bond acceptors (Lipinski definition) is 14. The number of guanidine groups is 1. The van der Waals surface area contributed by atoms with Crippen molar-refractivity contribution in [3.63, 3.8) is 0 Å². The molecule has 1 heterocycles. The molecule has 0 spiro atoms. The number of amides is 4. The number of esters is 1. The first-order valence-electron chi connectivity index (χ1n) is 35.7. The molecule has 5 atom stereocenters. The molecule has 3 aliphatic rings. The Bertz CT molecular complexity index is 2980. The Hall–Kier alpha value is -6.94. The number of ether oxygens (including phenoxy) is 3. The van der Waals surface area contributed by atoms with Crippen LogP contribution in [0, 0.1) is 38.5 Å². The molecule has 0 aromatic heterocycles. The van der Waals surface area contributed by atoms with Gasteiger partial charge in [-0.25, -0.2) is 17.9 Å². The first-order valence-corrected chi connectivity index (χ1v) is 37.2. The van der Waals surface area contributed by atoms with E-state index in [1.165, 1.54) is 70.6 Å². The average Bonchev–Trinajstić information content (AvgIpc) is 1.53. The molecule has 1 aliphatic heterocycles. The Labute approximate surface area is 587 Å². The first kappa shape index (κ1) is 87.1. The summed E-state index contributed by atoms with van der Waals surface area (Å²) in [7, 11) is -4.21. The lowest BCUT2D eigenvalue weighted by Gasteiger charge is -2.25. The smallest absolute Gasteiger partial charge is 0.328 e. The molecule has 22 heteroatoms. The molecule has 0 fully saturated rings. The van der Waals surface area contributed by atoms with Crippen LogP contribution in [0.3, 0.4) is 0 Å². The largest absolute Gasteiger partial charge is 0.487 e. The minimum absolute atomic E-state index is 0.0672. The Morgan fingerprint density at radius 3 is 1.91 bits per heavy atom. The van der Waals surface area contributed by atoms with Gasteiger partial charge < -0.3 is 46.3 Å². The number of allylic oxidation sites excluding steroid dienone is 8. The lowest BCUT2D eigenvalue weighted by Crippen LogP contribution is -2.51. The van der Waals surface area contributed by atoms with Crippen molar-refractivity contribution in [2.45, 2.75) is 290 Å². The molecule has 98 heavy (non-hydrogen) atoms. The summed E-state index contributed by atoms with van der Waals surface area (Å²) < 4.78 is 46.8. The summed E-state index contributed by atoms with van der Waals surface area (Å²) in [5, 5.41) is 19.8. The highest BCUT2D eigenvalue weighted by atomic mass is 32.2. The molecular formula is C76H123N7O14S. The van der Waals surface area contributed by atoms with Crippen LogP contribution in [0.25, 0.3) is 0 Å². The minimum Gasteiger partial charge on any atom is -0.487 e. The number of hydrogen-bond donors (Lipinski definition) is 7. The second-order valence-corrected chi connectivity index (χ2v) is 30.3. The fourth-order valence-corrected chi connectivity index (χ4v) is 13.0. The number of aliphatic carboxylic acids is 1. The van der Waals surface area contributed by atoms with Gasteiger partial charge in [-0.15, -0.1) is 13.2 Å². The van der Waals surface area contributed by atoms with Crippen molar-refractivity contribution in [3.8, 4) is 5.75 Å². The third-order valence-corrected chi connectivity index (χ3v) is 18.6. The van der Waals surface area contributed by atoms with Crippen LogP contribution in [-0.4, -0.2) is 122 Å². The topological polar surface area (TPSA) is 317 Å². The maximum atomic E-state index is 13.7. The predicted octanol–water partition coefficient (Wildman–Crippen LogP) is 12.6. The zero-order valence-corrected chi connectivity index (χ0v) is 62.3. The number of fused-ring (bicyclic) bond motifs is 1. The summed E-state index contributed by atoms with van der Waals surface area (Å²) in [5.74, 6) is -6.52. The Kier molecular flexibility index (Phi) is 40.6. The number of carbonyl (C=O) groups excluding carboxylic acids is 7. The van der Waals surface area contributed by atoms with E-state index in [2.05, 4.69) is 74.5 Å². The van der Waals surface area contributed by atoms with E-state index in [0.29, 0.717) is 47.5 Å². The monoisotopic (exact) mass is 1390 g/mol. The van der Waals surface area contributed by atoms with Gasteiger partial charge in [-0.3, -0.25) is 38.6 Å². The number of aliphatic imine (C=N–C) groups is 1. The molecule has 1 aromatic rings. The van der Waals surface area contributed by atoms with Crippen molar-refractivity contribution in [1.82, 2.24) is 26.0 Å². The van der Waals surface area contributed by atoms with E-state index in [0.717, 1.165) is 63.4 Å². The number of sulfonamides is 1. The van der Waals surface area contributed by atoms with E-state index in [1.54, 1.807) is 69.2 Å². The van der Waals surface area contributed by atoms with Crippen LogP contribution < -0.4 is 36.5 Å². The van der Waals surface area contributed by atoms with Gasteiger partial charge in [-0.2, -0.15) is 0 Å². The number of nitrogens with zero attached hydrogens (tertiary/aromatic N) is 1. The highest BCUT2D eigenvalue weighted by molar-refractivity contribution is 7.90. The van der Waals surface area contributed by atoms with Crippen molar-refractivity contribution in [3.05, 3.63) is 84.0 Å². The van der Waals surface area contributed by atoms with Gasteiger partial charge >= 0.3 is 11.9 Å². The van der Waals surface area contributed by atoms with Crippen LogP contribution in [0.5, 0.6) is 5.75 Å². The number of carboxylic acid groups (broad SMARTS) is 1. The Balaban J connectivity index is 0.000000923. The molecule has 4 rings (SSSR count). The Morgan fingerprint density at radius 1 is 0.694 bits per heavy atom. The molecule has 5 unspecified atom stereocenters. The Morgan fingerprint density at radius 2 is 1.31 bits per heavy atom. The highest BCUT2D eigenvalue weighted by Gasteiger charge is 2.37. The van der Waals surface area contributed by atoms with Crippen LogP contribution in [0.15, 0.2) is 71.7 Å². The van der Waals surface area contributed by atoms with Gasteiger partial charge in [0.15, 0.2) is 11.8 Å². The molecule has 552 valence electrons. The van der Waals surface area contributed by atoms with Gasteiger partial charge in [0.05, 0.1) is 42.5 Å². The molecule has 0 radical (unpaired) electrons. The number of Topliss-reactive ketones (excluding diaryl/α,β-unsaturated/α-hetero) is 2. The van der Waals surface area contributed by atoms with Crippen molar-refractivity contribution >= 4 is 63.1 Å². The van der Waals surface area contributed by atoms with E-state index in [4.69, 9.17) is 19.9 Å². The summed E-state index contributed by atoms with van der Waals surface area (Å²) in [6, 6.07) is -2.80. The number of unbranched alkanes of at least 4 members (excludes halogenated alkanes) is 6. The zero-order valence-electron chi connectivity index (χ0n) is 61.5. The quantitative estimate of drug-likeness (QED) is 0.0107. The summed E-state index contributed by atoms with van der Waals surface area (Å²) >= 11 is 0. The average molecular weight is 1390 g/mol. The van der Waals surface area contributed by atoms with Crippen LogP contribution in [0.1, 0.15) is 252 Å². The standard InChI is InChI=1S/C48H75N7O13S.C20H34O.C8H14/c1-28-29(2)40(30(3)34-24-48(10,11)68-39(28)34)69(64,65)55-45(49)50-21-17-20-35(53-37(57)26-52-41(59)31-18-15-13-12-14-16-19-31)43(61)51-25-33(56)22-32(23-38(58)67-47(7,8)9)42(60)54-36(44(62)63)27-66-46(4,5)6;1-4-6-8-9-10-11-12-13-14-15-16-18-20(19(3)21)17-7-5-2;1-2-4-6-8-7-5-3-1/h12-13,31-32,35-36H,14-27H2,1-11H3,(H,51,61)(H,52,59)(H,53,57)(H,54,60)(H,62,63)(H3,49,50,55);4-5,13-14,20H,1-2,6-12,15-18H2,3H3;1-2H,3-8H2/b13-12-;14-13+;. The summed E-state index contributed by atoms with van der Waals surface area (Å²) in [4.78, 5) is 107. The van der Waals surface area contributed by atoms with Crippen LogP contribution in [0.2, 0.25) is 0 Å². The van der Waals surface area contributed by atoms with Gasteiger partial charge in [-0.1, -0.05) is 74.3 Å². The maximum absolute atomic E-state index is 13.7. The van der Waals surface area contributed by atoms with Crippen LogP contribution in [-0.2, 0) is 64.3 Å². The molecule has 4 amide bonds. The molecule has 21 nitrogen and oxygen atoms in total. The predicted molar refractivity (Wildman–Crippen MR) is 389 cm³/mol. The number of nitrogens with one attached hydrogen (secondary N) is 5. The second-order valence-electron chi connectivity index (χ2n) is 28.7. The SMILES string of the molecule is C1=CCCCCCC1.C=CCCCCCC/C=C/CCCC(CCC=C)C(C)=O.Cc1c(C)c(S(=O)(=O)NC(N)=NCCCC(NC(=O)CNC(=O)C2CC/C=C\CCC2)C(=O)NCC(=O)CC(CC(=O)OC(C)(C)C)C(=O)NC(COC(C)(C)C)C(=O)O)c(C)c2c1OC(C)(C)C2. The van der Waals surface area contributed by atoms with Crippen molar-refractivity contribution < 1.29 is 66.1 Å². The summed E-state index contributed by atoms with van der Waals surface area (Å²) in [6.45, 7) is 26.6. The first-order chi connectivity index (χ1) is 46.1. The van der Waals surface area contributed by atoms with Gasteiger partial charge in [-0.05, 0) is 228 Å². The number of carbonyl (C=O) groups is 8. The minimum atomic E-state index is -4.21. The van der Waals surface area contributed by atoms with E-state index >= 15 is 0 Å². The number of rotatable bonds is 37. The molecule has 0 bridgehead atoms. The zero-order chi connectivity index (χ0) is 73.5. The normalized spacial score (nSPS) is 17.0. The molecule has 2 aliphatic carbocycles. The van der Waals surface area contributed by atoms with Crippen LogP contribution >= 0.6 is 0 Å². The number of benzene rings is 1. The molecule has 0 saturated carbocycles. The second kappa shape index (κ2) is 45.7. The van der Waals surface area contributed by atoms with E-state index < -0.39 is 119 Å². The number of nitrogens with two attached hydrogens (primary N) is 1. The highest BCUT2D eigenvalue weighted by Crippen LogP contribution is 2.44. The number of carboxylic acids is 1. The third-order valence-electron chi connectivity index (χ3n) is 17.0. The summed E-state index contributed by atoms with van der Waals surface area (Å²) in [5.41, 5.74) is 6.42. The van der Waals surface area contributed by atoms with Gasteiger partial charge in [0.2, 0.25) is 29.6 Å². The molecule has 8 N–H and O–H groups in total. The van der Waals surface area contributed by atoms with Gasteiger partial charge in [0.25, 0.3) is 10.0 Å². The van der Waals surface area contributed by atoms with Crippen LogP contribution in [0.4, 0.5) is 0 Å². The summed E-state index contributed by atoms with van der Waals surface area (Å²) in [6.07, 6.45) is 41.3. The van der Waals surface area contributed by atoms with Crippen molar-refractivity contribution in [2.75, 3.05) is 26.2 Å². The maximum Gasteiger partial charge on any atom is 0.328 e. The third kappa shape index (κ3) is 36.8. The van der Waals surface area contributed by atoms with E-state index in [9.17, 15) is 51.9 Å². The van der Waals surface area contributed by atoms with Crippen molar-refractivity contribution in [1.29, 1.82) is 0 Å². The lowest BCUT2D eigenvalue weighted by molar-refractivity contribution is -0.157. The van der Waals surface area contributed by atoms with Gasteiger partial charge in [0.1, 0.15) is 28.8 Å². The van der Waals surface area contributed by atoms with E-state index in [-0.39, 0.29) is 42.0 Å². The molecular weight excluding hydrogens is 1270 g/mol. The molecule has 1 aromatic carbocycles. The fourth-order valence-electron chi connectivity index (χ4n) is 11.5. The van der Waals surface area contributed by atoms with Crippen molar-refractivity contribution in [2.24, 2.45) is 28.5 Å². The fraction of sp³-hybridized carbons (Fsp3) is 0.671. The van der Waals surface area contributed by atoms with E-state index in [1.807, 2.05) is 32.1 Å². The lowest BCUT2D eigenvalue weighted by atomic mass is 9.93. The van der Waals surface area contributed by atoms with Gasteiger partial charge in [0, 0.05) is 36.8 Å². The number of ketones is 2. The molecule has 0 saturated heterocycles.